The molecule has 2 N–H and O–H groups in total. The number of nitrogens with one attached hydrogen (secondary N) is 2. The Kier molecular flexibility index (Phi) is 3.89. The Morgan fingerprint density at radius 3 is 2.67 bits per heavy atom. The van der Waals surface area contributed by atoms with Gasteiger partial charge in [0.2, 0.25) is 0 Å². The standard InChI is InChI=1S/C14H14N2OS/c1-2-15-14(18)16-13(17)12-9-5-7-10-6-3-4-8-11(10)12/h3-9H,2H2,1H3,(H2,15,16,17,18). The summed E-state index contributed by atoms with van der Waals surface area (Å²) in [4.78, 5) is 12.1. The predicted octanol–water partition coefficient (Wildman–Crippen LogP) is 2.46. The Morgan fingerprint density at radius 1 is 1.17 bits per heavy atom. The molecule has 0 atom stereocenters. The normalized spacial score (nSPS) is 10.1. The first kappa shape index (κ1) is 12.5. The fourth-order valence-corrected chi connectivity index (χ4v) is 2.04. The van der Waals surface area contributed by atoms with Gasteiger partial charge in [-0.2, -0.15) is 0 Å². The molecule has 3 nitrogen and oxygen atoms in total. The van der Waals surface area contributed by atoms with Gasteiger partial charge in [-0.15, -0.1) is 0 Å². The summed E-state index contributed by atoms with van der Waals surface area (Å²) in [6.45, 7) is 2.62. The molecule has 1 amide bonds. The van der Waals surface area contributed by atoms with Gasteiger partial charge < -0.3 is 5.32 Å². The van der Waals surface area contributed by atoms with Crippen LogP contribution in [0.25, 0.3) is 10.8 Å². The second-order valence-electron chi connectivity index (χ2n) is 3.84. The van der Waals surface area contributed by atoms with Crippen LogP contribution in [0.5, 0.6) is 0 Å². The lowest BCUT2D eigenvalue weighted by molar-refractivity contribution is 0.0978. The zero-order valence-electron chi connectivity index (χ0n) is 10.1. The third-order valence-corrected chi connectivity index (χ3v) is 2.85. The number of benzene rings is 2. The van der Waals surface area contributed by atoms with Crippen molar-refractivity contribution in [1.29, 1.82) is 0 Å². The van der Waals surface area contributed by atoms with Gasteiger partial charge in [0.15, 0.2) is 5.11 Å². The molecule has 0 radical (unpaired) electrons. The van der Waals surface area contributed by atoms with Gasteiger partial charge in [0.1, 0.15) is 0 Å². The Bertz CT molecular complexity index is 590. The average molecular weight is 258 g/mol. The number of rotatable bonds is 2. The molecule has 0 aliphatic heterocycles. The molecule has 2 aromatic carbocycles. The summed E-state index contributed by atoms with van der Waals surface area (Å²) < 4.78 is 0. The summed E-state index contributed by atoms with van der Waals surface area (Å²) in [6.07, 6.45) is 0. The summed E-state index contributed by atoms with van der Waals surface area (Å²) in [6, 6.07) is 13.4. The fourth-order valence-electron chi connectivity index (χ4n) is 1.80. The summed E-state index contributed by atoms with van der Waals surface area (Å²) in [5.74, 6) is -0.183. The van der Waals surface area contributed by atoms with Gasteiger partial charge >= 0.3 is 0 Å². The van der Waals surface area contributed by atoms with Crippen molar-refractivity contribution in [3.8, 4) is 0 Å². The monoisotopic (exact) mass is 258 g/mol. The van der Waals surface area contributed by atoms with Gasteiger partial charge in [-0.3, -0.25) is 10.1 Å². The number of amides is 1. The number of hydrogen-bond acceptors (Lipinski definition) is 2. The summed E-state index contributed by atoms with van der Waals surface area (Å²) in [7, 11) is 0. The van der Waals surface area contributed by atoms with Crippen molar-refractivity contribution < 1.29 is 4.79 Å². The van der Waals surface area contributed by atoms with E-state index in [9.17, 15) is 4.79 Å². The van der Waals surface area contributed by atoms with E-state index in [4.69, 9.17) is 12.2 Å². The third kappa shape index (κ3) is 2.65. The molecule has 0 heterocycles. The molecule has 2 rings (SSSR count). The molecular formula is C14H14N2OS. The summed E-state index contributed by atoms with van der Waals surface area (Å²) >= 11 is 5.01. The molecule has 4 heteroatoms. The first-order valence-electron chi connectivity index (χ1n) is 5.79. The van der Waals surface area contributed by atoms with Crippen LogP contribution in [-0.2, 0) is 0 Å². The molecule has 0 aliphatic rings. The SMILES string of the molecule is CCNC(=S)NC(=O)c1cccc2ccccc12. The van der Waals surface area contributed by atoms with Gasteiger partial charge in [-0.25, -0.2) is 0 Å². The maximum Gasteiger partial charge on any atom is 0.258 e. The van der Waals surface area contributed by atoms with E-state index in [0.29, 0.717) is 17.2 Å². The molecule has 0 unspecified atom stereocenters. The van der Waals surface area contributed by atoms with Gasteiger partial charge in [-0.05, 0) is 36.0 Å². The Balaban J connectivity index is 2.30. The van der Waals surface area contributed by atoms with Gasteiger partial charge in [-0.1, -0.05) is 36.4 Å². The lowest BCUT2D eigenvalue weighted by atomic mass is 10.0. The van der Waals surface area contributed by atoms with Crippen molar-refractivity contribution in [2.75, 3.05) is 6.54 Å². The largest absolute Gasteiger partial charge is 0.363 e. The molecule has 0 spiro atoms. The smallest absolute Gasteiger partial charge is 0.258 e. The molecular weight excluding hydrogens is 244 g/mol. The number of thiocarbonyl (C=S) groups is 1. The zero-order chi connectivity index (χ0) is 13.0. The second-order valence-corrected chi connectivity index (χ2v) is 4.25. The molecule has 0 bridgehead atoms. The molecule has 18 heavy (non-hydrogen) atoms. The van der Waals surface area contributed by atoms with Crippen LogP contribution in [0.15, 0.2) is 42.5 Å². The minimum Gasteiger partial charge on any atom is -0.363 e. The third-order valence-electron chi connectivity index (χ3n) is 2.60. The van der Waals surface area contributed by atoms with E-state index in [2.05, 4.69) is 10.6 Å². The van der Waals surface area contributed by atoms with Crippen LogP contribution in [0.2, 0.25) is 0 Å². The van der Waals surface area contributed by atoms with Crippen LogP contribution in [0.3, 0.4) is 0 Å². The Morgan fingerprint density at radius 2 is 1.89 bits per heavy atom. The lowest BCUT2D eigenvalue weighted by Gasteiger charge is -2.09. The highest BCUT2D eigenvalue weighted by Crippen LogP contribution is 2.18. The van der Waals surface area contributed by atoms with Crippen LogP contribution in [-0.4, -0.2) is 17.6 Å². The van der Waals surface area contributed by atoms with Crippen LogP contribution < -0.4 is 10.6 Å². The second kappa shape index (κ2) is 5.60. The van der Waals surface area contributed by atoms with Gasteiger partial charge in [0, 0.05) is 12.1 Å². The van der Waals surface area contributed by atoms with Gasteiger partial charge in [0.05, 0.1) is 0 Å². The van der Waals surface area contributed by atoms with E-state index >= 15 is 0 Å². The molecule has 92 valence electrons. The van der Waals surface area contributed by atoms with Crippen LogP contribution in [0.1, 0.15) is 17.3 Å². The highest BCUT2D eigenvalue weighted by molar-refractivity contribution is 7.80. The van der Waals surface area contributed by atoms with E-state index in [0.717, 1.165) is 10.8 Å². The van der Waals surface area contributed by atoms with Crippen LogP contribution in [0, 0.1) is 0 Å². The Hall–Kier alpha value is -1.94. The Labute approximate surface area is 111 Å². The lowest BCUT2D eigenvalue weighted by Crippen LogP contribution is -2.39. The number of carbonyl (C=O) groups is 1. The molecule has 0 saturated carbocycles. The van der Waals surface area contributed by atoms with Crippen LogP contribution in [0.4, 0.5) is 0 Å². The maximum atomic E-state index is 12.1. The molecule has 0 aromatic heterocycles. The number of carbonyl (C=O) groups excluding carboxylic acids is 1. The fraction of sp³-hybridized carbons (Fsp3) is 0.143. The molecule has 0 saturated heterocycles. The van der Waals surface area contributed by atoms with E-state index in [1.165, 1.54) is 0 Å². The molecule has 0 aliphatic carbocycles. The topological polar surface area (TPSA) is 41.1 Å². The molecule has 2 aromatic rings. The highest BCUT2D eigenvalue weighted by atomic mass is 32.1. The number of hydrogen-bond donors (Lipinski definition) is 2. The zero-order valence-corrected chi connectivity index (χ0v) is 10.9. The first-order valence-corrected chi connectivity index (χ1v) is 6.20. The highest BCUT2D eigenvalue weighted by Gasteiger charge is 2.10. The van der Waals surface area contributed by atoms with Crippen molar-refractivity contribution in [3.05, 3.63) is 48.0 Å². The van der Waals surface area contributed by atoms with E-state index in [-0.39, 0.29) is 5.91 Å². The minimum absolute atomic E-state index is 0.183. The van der Waals surface area contributed by atoms with Crippen molar-refractivity contribution in [1.82, 2.24) is 10.6 Å². The van der Waals surface area contributed by atoms with Crippen molar-refractivity contribution in [2.45, 2.75) is 6.92 Å². The van der Waals surface area contributed by atoms with Gasteiger partial charge in [0.25, 0.3) is 5.91 Å². The predicted molar refractivity (Wildman–Crippen MR) is 77.7 cm³/mol. The first-order chi connectivity index (χ1) is 8.72. The van der Waals surface area contributed by atoms with E-state index < -0.39 is 0 Å². The average Bonchev–Trinajstić information content (AvgIpc) is 2.38. The van der Waals surface area contributed by atoms with Crippen molar-refractivity contribution >= 4 is 34.0 Å². The number of fused-ring (bicyclic) bond motifs is 1. The minimum atomic E-state index is -0.183. The van der Waals surface area contributed by atoms with E-state index in [1.54, 1.807) is 6.07 Å². The van der Waals surface area contributed by atoms with Crippen molar-refractivity contribution in [3.63, 3.8) is 0 Å². The van der Waals surface area contributed by atoms with E-state index in [1.807, 2.05) is 43.3 Å². The summed E-state index contributed by atoms with van der Waals surface area (Å²) in [5, 5.41) is 7.89. The maximum absolute atomic E-state index is 12.1. The molecule has 0 fully saturated rings. The quantitative estimate of drug-likeness (QED) is 0.813. The van der Waals surface area contributed by atoms with Crippen LogP contribution >= 0.6 is 12.2 Å². The van der Waals surface area contributed by atoms with Crippen molar-refractivity contribution in [2.24, 2.45) is 0 Å². The summed E-state index contributed by atoms with van der Waals surface area (Å²) in [5.41, 5.74) is 0.633.